The van der Waals surface area contributed by atoms with Gasteiger partial charge in [0.15, 0.2) is 0 Å². The lowest BCUT2D eigenvalue weighted by Gasteiger charge is -2.18. The lowest BCUT2D eigenvalue weighted by atomic mass is 10.1. The highest BCUT2D eigenvalue weighted by atomic mass is 16.2. The molecule has 2 aromatic heterocycles. The smallest absolute Gasteiger partial charge is 0.223 e. The first-order valence-corrected chi connectivity index (χ1v) is 11.2. The van der Waals surface area contributed by atoms with Crippen LogP contribution in [0.5, 0.6) is 0 Å². The van der Waals surface area contributed by atoms with E-state index in [0.29, 0.717) is 19.5 Å². The molecule has 0 saturated carbocycles. The predicted octanol–water partition coefficient (Wildman–Crippen LogP) is 5.14. The molecule has 5 rings (SSSR count). The number of carbonyl (C=O) groups excluding carboxylic acids is 1. The van der Waals surface area contributed by atoms with Crippen LogP contribution in [0, 0.1) is 13.8 Å². The summed E-state index contributed by atoms with van der Waals surface area (Å²) in [7, 11) is 0. The van der Waals surface area contributed by atoms with Crippen LogP contribution in [-0.2, 0) is 24.3 Å². The Morgan fingerprint density at radius 2 is 1.75 bits per heavy atom. The van der Waals surface area contributed by atoms with Crippen LogP contribution in [0.1, 0.15) is 40.8 Å². The minimum Gasteiger partial charge on any atom is -0.332 e. The van der Waals surface area contributed by atoms with Crippen molar-refractivity contribution in [2.24, 2.45) is 0 Å². The molecule has 0 aliphatic carbocycles. The largest absolute Gasteiger partial charge is 0.332 e. The fourth-order valence-electron chi connectivity index (χ4n) is 4.58. The van der Waals surface area contributed by atoms with Crippen LogP contribution in [0.15, 0.2) is 73.1 Å². The molecular weight excluding hydrogens is 396 g/mol. The maximum absolute atomic E-state index is 12.9. The highest BCUT2D eigenvalue weighted by Gasteiger charge is 2.31. The summed E-state index contributed by atoms with van der Waals surface area (Å²) in [4.78, 5) is 14.9. The maximum Gasteiger partial charge on any atom is 0.223 e. The minimum absolute atomic E-state index is 0.204. The van der Waals surface area contributed by atoms with Gasteiger partial charge < -0.3 is 9.47 Å². The van der Waals surface area contributed by atoms with Gasteiger partial charge in [0.1, 0.15) is 5.82 Å². The first-order valence-electron chi connectivity index (χ1n) is 11.2. The summed E-state index contributed by atoms with van der Waals surface area (Å²) < 4.78 is 4.14. The molecule has 0 N–H and O–H groups in total. The van der Waals surface area contributed by atoms with E-state index in [0.717, 1.165) is 35.6 Å². The van der Waals surface area contributed by atoms with E-state index in [9.17, 15) is 4.79 Å². The molecule has 1 aliphatic rings. The lowest BCUT2D eigenvalue weighted by Crippen LogP contribution is -2.26. The van der Waals surface area contributed by atoms with E-state index in [1.807, 2.05) is 52.3 Å². The number of aryl methyl sites for hydroxylation is 3. The molecule has 5 nitrogen and oxygen atoms in total. The van der Waals surface area contributed by atoms with Crippen molar-refractivity contribution in [1.82, 2.24) is 19.2 Å². The second-order valence-electron chi connectivity index (χ2n) is 8.63. The zero-order valence-corrected chi connectivity index (χ0v) is 18.7. The number of nitrogens with zero attached hydrogens (tertiary/aromatic N) is 4. The van der Waals surface area contributed by atoms with Gasteiger partial charge in [0.2, 0.25) is 5.91 Å². The number of rotatable bonds is 6. The first-order chi connectivity index (χ1) is 15.6. The topological polar surface area (TPSA) is 43.1 Å². The van der Waals surface area contributed by atoms with Crippen molar-refractivity contribution >= 4 is 5.91 Å². The third-order valence-corrected chi connectivity index (χ3v) is 6.21. The molecule has 0 fully saturated rings. The van der Waals surface area contributed by atoms with E-state index in [4.69, 9.17) is 5.10 Å². The van der Waals surface area contributed by atoms with Gasteiger partial charge in [-0.05, 0) is 56.0 Å². The molecule has 0 unspecified atom stereocenters. The summed E-state index contributed by atoms with van der Waals surface area (Å²) in [6.45, 7) is 5.41. The minimum atomic E-state index is 0.204. The number of benzene rings is 2. The Hall–Kier alpha value is -3.60. The molecule has 0 atom stereocenters. The third kappa shape index (κ3) is 3.86. The van der Waals surface area contributed by atoms with Crippen molar-refractivity contribution in [1.29, 1.82) is 0 Å². The average molecular weight is 425 g/mol. The van der Waals surface area contributed by atoms with Gasteiger partial charge in [-0.1, -0.05) is 48.0 Å². The molecule has 5 heteroatoms. The number of hydrogen-bond acceptors (Lipinski definition) is 2. The maximum atomic E-state index is 12.9. The molecule has 1 amide bonds. The van der Waals surface area contributed by atoms with Gasteiger partial charge >= 0.3 is 0 Å². The van der Waals surface area contributed by atoms with Crippen LogP contribution < -0.4 is 0 Å². The monoisotopic (exact) mass is 424 g/mol. The van der Waals surface area contributed by atoms with Crippen LogP contribution in [0.2, 0.25) is 0 Å². The second kappa shape index (κ2) is 8.50. The van der Waals surface area contributed by atoms with Crippen molar-refractivity contribution in [2.45, 2.75) is 46.2 Å². The molecule has 0 radical (unpaired) electrons. The number of carbonyl (C=O) groups is 1. The van der Waals surface area contributed by atoms with Crippen LogP contribution in [0.25, 0.3) is 11.5 Å². The van der Waals surface area contributed by atoms with Crippen molar-refractivity contribution in [3.05, 3.63) is 101 Å². The van der Waals surface area contributed by atoms with E-state index in [1.165, 1.54) is 16.7 Å². The molecule has 1 aliphatic heterocycles. The van der Waals surface area contributed by atoms with Crippen LogP contribution >= 0.6 is 0 Å². The molecule has 0 spiro atoms. The molecule has 2 aromatic carbocycles. The Morgan fingerprint density at radius 3 is 2.50 bits per heavy atom. The summed E-state index contributed by atoms with van der Waals surface area (Å²) in [6, 6.07) is 20.8. The van der Waals surface area contributed by atoms with Gasteiger partial charge in [0.05, 0.1) is 24.5 Å². The number of hydrogen-bond donors (Lipinski definition) is 0. The Labute approximate surface area is 188 Å². The summed E-state index contributed by atoms with van der Waals surface area (Å²) in [5.41, 5.74) is 6.91. The predicted molar refractivity (Wildman–Crippen MR) is 126 cm³/mol. The summed E-state index contributed by atoms with van der Waals surface area (Å²) in [5.74, 6) is 1.23. The zero-order chi connectivity index (χ0) is 22.1. The van der Waals surface area contributed by atoms with Crippen LogP contribution in [-0.4, -0.2) is 25.2 Å². The van der Waals surface area contributed by atoms with E-state index in [-0.39, 0.29) is 5.91 Å². The summed E-state index contributed by atoms with van der Waals surface area (Å²) in [5, 5.41) is 4.97. The van der Waals surface area contributed by atoms with Gasteiger partial charge in [-0.3, -0.25) is 4.79 Å². The number of amides is 1. The fourth-order valence-corrected chi connectivity index (χ4v) is 4.58. The summed E-state index contributed by atoms with van der Waals surface area (Å²) >= 11 is 0. The standard InChI is InChI=1S/C27H28N4O/c1-20-13-14-25(21(2)17-20)31-27(29-15-6-7-16-29)23-18-30(19-24(23)28-31)26(32)12-8-11-22-9-4-3-5-10-22/h3-7,9-10,13-17H,8,11-12,18-19H2,1-2H3. The Morgan fingerprint density at radius 1 is 0.969 bits per heavy atom. The van der Waals surface area contributed by atoms with Crippen molar-refractivity contribution in [2.75, 3.05) is 0 Å². The molecule has 32 heavy (non-hydrogen) atoms. The number of aromatic nitrogens is 3. The summed E-state index contributed by atoms with van der Waals surface area (Å²) in [6.07, 6.45) is 6.45. The first kappa shape index (κ1) is 20.3. The fraction of sp³-hybridized carbons (Fsp3) is 0.259. The van der Waals surface area contributed by atoms with Crippen LogP contribution in [0.3, 0.4) is 0 Å². The van der Waals surface area contributed by atoms with Crippen molar-refractivity contribution in [3.63, 3.8) is 0 Å². The van der Waals surface area contributed by atoms with Crippen molar-refractivity contribution in [3.8, 4) is 11.5 Å². The zero-order valence-electron chi connectivity index (χ0n) is 18.7. The highest BCUT2D eigenvalue weighted by Crippen LogP contribution is 2.32. The Balaban J connectivity index is 1.37. The van der Waals surface area contributed by atoms with Gasteiger partial charge in [-0.2, -0.15) is 5.10 Å². The third-order valence-electron chi connectivity index (χ3n) is 6.21. The molecule has 0 bridgehead atoms. The normalized spacial score (nSPS) is 12.9. The van der Waals surface area contributed by atoms with E-state index >= 15 is 0 Å². The van der Waals surface area contributed by atoms with Gasteiger partial charge in [-0.25, -0.2) is 4.68 Å². The van der Waals surface area contributed by atoms with E-state index in [2.05, 4.69) is 48.7 Å². The van der Waals surface area contributed by atoms with Crippen LogP contribution in [0.4, 0.5) is 0 Å². The highest BCUT2D eigenvalue weighted by molar-refractivity contribution is 5.77. The van der Waals surface area contributed by atoms with Gasteiger partial charge in [0.25, 0.3) is 0 Å². The van der Waals surface area contributed by atoms with E-state index in [1.54, 1.807) is 0 Å². The molecule has 4 aromatic rings. The Bertz CT molecular complexity index is 1240. The lowest BCUT2D eigenvalue weighted by molar-refractivity contribution is -0.131. The average Bonchev–Trinajstić information content (AvgIpc) is 3.50. The quantitative estimate of drug-likeness (QED) is 0.430. The van der Waals surface area contributed by atoms with Gasteiger partial charge in [0, 0.05) is 24.4 Å². The van der Waals surface area contributed by atoms with Crippen molar-refractivity contribution < 1.29 is 4.79 Å². The second-order valence-corrected chi connectivity index (χ2v) is 8.63. The molecule has 3 heterocycles. The number of fused-ring (bicyclic) bond motifs is 1. The van der Waals surface area contributed by atoms with E-state index < -0.39 is 0 Å². The molecule has 162 valence electrons. The SMILES string of the molecule is Cc1ccc(-n2nc3c(c2-n2cccc2)CN(C(=O)CCCc2ccccc2)C3)c(C)c1. The molecule has 0 saturated heterocycles. The Kier molecular flexibility index (Phi) is 5.39. The van der Waals surface area contributed by atoms with Gasteiger partial charge in [-0.15, -0.1) is 0 Å². The molecular formula is C27H28N4O.